The Balaban J connectivity index is 1.40. The summed E-state index contributed by atoms with van der Waals surface area (Å²) in [4.78, 5) is 44.4. The molecule has 0 atom stereocenters. The summed E-state index contributed by atoms with van der Waals surface area (Å²) >= 11 is 0. The number of amides is 2. The minimum atomic E-state index is -1.13. The molecule has 4 aromatic rings. The number of benzene rings is 1. The first-order valence-corrected chi connectivity index (χ1v) is 12.9. The summed E-state index contributed by atoms with van der Waals surface area (Å²) in [6.45, 7) is 4.46. The average molecular weight is 600 g/mol. The lowest BCUT2D eigenvalue weighted by Crippen LogP contribution is -2.27. The Morgan fingerprint density at radius 2 is 1.72 bits per heavy atom. The Kier molecular flexibility index (Phi) is 9.17. The number of hydrogen-bond acceptors (Lipinski definition) is 8. The minimum Gasteiger partial charge on any atom is -0.491 e. The number of anilines is 1. The lowest BCUT2D eigenvalue weighted by Gasteiger charge is -2.20. The molecule has 11 nitrogen and oxygen atoms in total. The van der Waals surface area contributed by atoms with Crippen LogP contribution in [0.25, 0.3) is 0 Å². The van der Waals surface area contributed by atoms with Crippen molar-refractivity contribution in [1.29, 1.82) is 0 Å². The Labute approximate surface area is 243 Å². The molecule has 4 rings (SSSR count). The van der Waals surface area contributed by atoms with E-state index in [1.54, 1.807) is 32.9 Å². The predicted molar refractivity (Wildman–Crippen MR) is 147 cm³/mol. The van der Waals surface area contributed by atoms with E-state index in [-0.39, 0.29) is 65.0 Å². The second-order valence-electron chi connectivity index (χ2n) is 10.2. The van der Waals surface area contributed by atoms with Crippen molar-refractivity contribution >= 4 is 17.7 Å². The molecule has 0 saturated heterocycles. The number of nitrogens with one attached hydrogen (secondary N) is 2. The van der Waals surface area contributed by atoms with Gasteiger partial charge >= 0.3 is 6.09 Å². The molecule has 3 heterocycles. The largest absolute Gasteiger partial charge is 0.491 e. The molecule has 0 radical (unpaired) electrons. The quantitative estimate of drug-likeness (QED) is 0.285. The molecule has 43 heavy (non-hydrogen) atoms. The van der Waals surface area contributed by atoms with Crippen molar-refractivity contribution in [3.63, 3.8) is 0 Å². The molecule has 0 aliphatic rings. The highest BCUT2D eigenvalue weighted by Gasteiger charge is 2.22. The van der Waals surface area contributed by atoms with E-state index in [0.29, 0.717) is 0 Å². The first-order valence-electron chi connectivity index (χ1n) is 12.9. The van der Waals surface area contributed by atoms with E-state index in [0.717, 1.165) is 12.4 Å². The number of oxazole rings is 1. The van der Waals surface area contributed by atoms with Gasteiger partial charge in [-0.1, -0.05) is 18.2 Å². The maximum atomic E-state index is 15.0. The van der Waals surface area contributed by atoms with Gasteiger partial charge < -0.3 is 23.8 Å². The van der Waals surface area contributed by atoms with Gasteiger partial charge in [-0.25, -0.2) is 22.9 Å². The van der Waals surface area contributed by atoms with Gasteiger partial charge in [-0.2, -0.15) is 0 Å². The Morgan fingerprint density at radius 3 is 2.42 bits per heavy atom. The second kappa shape index (κ2) is 12.8. The summed E-state index contributed by atoms with van der Waals surface area (Å²) in [5, 5.41) is 4.79. The summed E-state index contributed by atoms with van der Waals surface area (Å²) in [5.74, 6) is -4.59. The molecule has 1 aromatic carbocycles. The van der Waals surface area contributed by atoms with Gasteiger partial charge in [0.1, 0.15) is 11.3 Å². The van der Waals surface area contributed by atoms with Gasteiger partial charge in [-0.3, -0.25) is 19.9 Å². The highest BCUT2D eigenvalue weighted by atomic mass is 19.2. The molecule has 0 unspecified atom stereocenters. The number of nitrogens with zero attached hydrogens (tertiary/aromatic N) is 3. The van der Waals surface area contributed by atoms with Crippen LogP contribution in [0.2, 0.25) is 0 Å². The normalized spacial score (nSPS) is 11.2. The standard InChI is InChI=1S/C29H28F3N5O6/c1-29(2,3)43-28(40)36-19-13-33-18(25(32)26(19)41-4)12-35-27(39)20-14-34-21(42-20)11-16-8-9-17(24(31)23(16)30)15-37-10-6-5-7-22(37)38/h5-10,13-14H,11-12,15H2,1-4H3,(H,35,39)(H,36,40). The molecule has 14 heteroatoms. The zero-order valence-corrected chi connectivity index (χ0v) is 23.7. The van der Waals surface area contributed by atoms with Crippen LogP contribution in [0.5, 0.6) is 5.75 Å². The van der Waals surface area contributed by atoms with Crippen LogP contribution in [0.1, 0.15) is 54.0 Å². The van der Waals surface area contributed by atoms with Gasteiger partial charge in [0, 0.05) is 23.4 Å². The zero-order chi connectivity index (χ0) is 31.3. The van der Waals surface area contributed by atoms with Crippen molar-refractivity contribution in [2.24, 2.45) is 0 Å². The van der Waals surface area contributed by atoms with Crippen molar-refractivity contribution in [3.05, 3.63) is 105 Å². The summed E-state index contributed by atoms with van der Waals surface area (Å²) in [6.07, 6.45) is 2.61. The van der Waals surface area contributed by atoms with Crippen LogP contribution < -0.4 is 20.9 Å². The van der Waals surface area contributed by atoms with Crippen LogP contribution in [0.4, 0.5) is 23.7 Å². The molecule has 0 aliphatic heterocycles. The van der Waals surface area contributed by atoms with Crippen molar-refractivity contribution in [2.45, 2.75) is 45.9 Å². The molecule has 2 N–H and O–H groups in total. The number of methoxy groups -OCH3 is 1. The number of hydrogen-bond donors (Lipinski definition) is 2. The van der Waals surface area contributed by atoms with E-state index < -0.39 is 35.1 Å². The van der Waals surface area contributed by atoms with E-state index in [1.165, 1.54) is 36.1 Å². The number of aromatic nitrogens is 3. The summed E-state index contributed by atoms with van der Waals surface area (Å²) < 4.78 is 61.4. The topological polar surface area (TPSA) is 138 Å². The van der Waals surface area contributed by atoms with E-state index in [9.17, 15) is 23.2 Å². The number of carbonyl (C=O) groups excluding carboxylic acids is 2. The third-order valence-electron chi connectivity index (χ3n) is 5.90. The van der Waals surface area contributed by atoms with E-state index in [1.807, 2.05) is 0 Å². The Morgan fingerprint density at radius 1 is 1.00 bits per heavy atom. The predicted octanol–water partition coefficient (Wildman–Crippen LogP) is 4.57. The fourth-order valence-electron chi connectivity index (χ4n) is 3.91. The number of ether oxygens (including phenoxy) is 2. The van der Waals surface area contributed by atoms with E-state index >= 15 is 4.39 Å². The second-order valence-corrected chi connectivity index (χ2v) is 10.2. The van der Waals surface area contributed by atoms with E-state index in [4.69, 9.17) is 13.9 Å². The zero-order valence-electron chi connectivity index (χ0n) is 23.7. The van der Waals surface area contributed by atoms with Gasteiger partial charge in [0.25, 0.3) is 11.5 Å². The van der Waals surface area contributed by atoms with Crippen LogP contribution >= 0.6 is 0 Å². The van der Waals surface area contributed by atoms with Gasteiger partial charge in [0.15, 0.2) is 29.1 Å². The first-order chi connectivity index (χ1) is 20.4. The molecule has 2 amide bonds. The summed E-state index contributed by atoms with van der Waals surface area (Å²) in [6, 6.07) is 7.15. The Hall–Kier alpha value is -5.14. The number of carbonyl (C=O) groups is 2. The molecule has 226 valence electrons. The monoisotopic (exact) mass is 599 g/mol. The van der Waals surface area contributed by atoms with E-state index in [2.05, 4.69) is 20.6 Å². The van der Waals surface area contributed by atoms with Crippen LogP contribution in [0, 0.1) is 17.5 Å². The van der Waals surface area contributed by atoms with Crippen molar-refractivity contribution < 1.29 is 36.7 Å². The number of pyridine rings is 2. The average Bonchev–Trinajstić information content (AvgIpc) is 3.41. The highest BCUT2D eigenvalue weighted by molar-refractivity contribution is 5.91. The third-order valence-corrected chi connectivity index (χ3v) is 5.90. The Bertz CT molecular complexity index is 1710. The van der Waals surface area contributed by atoms with Crippen molar-refractivity contribution in [3.8, 4) is 5.75 Å². The lowest BCUT2D eigenvalue weighted by molar-refractivity contribution is 0.0635. The highest BCUT2D eigenvalue weighted by Crippen LogP contribution is 2.29. The number of halogens is 3. The van der Waals surface area contributed by atoms with Gasteiger partial charge in [0.05, 0.1) is 44.7 Å². The number of rotatable bonds is 9. The molecule has 0 aliphatic carbocycles. The van der Waals surface area contributed by atoms with Crippen LogP contribution in [0.15, 0.2) is 58.1 Å². The summed E-state index contributed by atoms with van der Waals surface area (Å²) in [7, 11) is 1.20. The van der Waals surface area contributed by atoms with Crippen molar-refractivity contribution in [1.82, 2.24) is 19.9 Å². The SMILES string of the molecule is COc1c(NC(=O)OC(C)(C)C)cnc(CNC(=O)c2cnc(Cc3ccc(Cn4ccccc4=O)c(F)c3F)o2)c1F. The van der Waals surface area contributed by atoms with Gasteiger partial charge in [-0.05, 0) is 26.8 Å². The smallest absolute Gasteiger partial charge is 0.412 e. The molecular formula is C29H28F3N5O6. The van der Waals surface area contributed by atoms with Gasteiger partial charge in [0.2, 0.25) is 5.76 Å². The fourth-order valence-corrected chi connectivity index (χ4v) is 3.91. The van der Waals surface area contributed by atoms with Crippen LogP contribution in [-0.2, 0) is 24.2 Å². The first kappa shape index (κ1) is 30.8. The van der Waals surface area contributed by atoms with Crippen molar-refractivity contribution in [2.75, 3.05) is 12.4 Å². The van der Waals surface area contributed by atoms with Gasteiger partial charge in [-0.15, -0.1) is 0 Å². The van der Waals surface area contributed by atoms with Crippen LogP contribution in [0.3, 0.4) is 0 Å². The maximum absolute atomic E-state index is 15.0. The molecule has 0 saturated carbocycles. The maximum Gasteiger partial charge on any atom is 0.412 e. The molecular weight excluding hydrogens is 571 g/mol. The molecule has 3 aromatic heterocycles. The molecule has 0 fully saturated rings. The molecule has 0 bridgehead atoms. The third kappa shape index (κ3) is 7.58. The molecule has 0 spiro atoms. The summed E-state index contributed by atoms with van der Waals surface area (Å²) in [5.41, 5.74) is -1.51. The fraction of sp³-hybridized carbons (Fsp3) is 0.276. The van der Waals surface area contributed by atoms with Crippen LogP contribution in [-0.4, -0.2) is 39.2 Å². The lowest BCUT2D eigenvalue weighted by atomic mass is 10.1. The minimum absolute atomic E-state index is 0.0202.